The van der Waals surface area contributed by atoms with E-state index in [1.807, 2.05) is 124 Å². The summed E-state index contributed by atoms with van der Waals surface area (Å²) < 4.78 is 64.3. The van der Waals surface area contributed by atoms with Crippen molar-refractivity contribution in [1.82, 2.24) is 24.2 Å². The summed E-state index contributed by atoms with van der Waals surface area (Å²) in [5.41, 5.74) is 0.426. The lowest BCUT2D eigenvalue weighted by Crippen LogP contribution is -2.44. The quantitative estimate of drug-likeness (QED) is 0.0397. The van der Waals surface area contributed by atoms with Crippen LogP contribution in [0, 0.1) is 11.3 Å². The van der Waals surface area contributed by atoms with Gasteiger partial charge < -0.3 is 23.7 Å². The fourth-order valence-corrected chi connectivity index (χ4v) is 11.2. The zero-order valence-corrected chi connectivity index (χ0v) is 39.5. The number of thiophene rings is 1. The number of carbonyl (C=O) groups is 1. The van der Waals surface area contributed by atoms with Crippen molar-refractivity contribution >= 4 is 42.1 Å². The minimum atomic E-state index is -4.32. The molecule has 0 radical (unpaired) electrons. The topological polar surface area (TPSA) is 201 Å². The predicted molar refractivity (Wildman–Crippen MR) is 248 cm³/mol. The number of hydrogen-bond donors (Lipinski definition) is 2. The maximum Gasteiger partial charge on any atom is 0.409 e. The third-order valence-corrected chi connectivity index (χ3v) is 14.3. The number of ether oxygens (including phenoxy) is 5. The van der Waals surface area contributed by atoms with Gasteiger partial charge in [0.25, 0.3) is 5.56 Å². The number of imidazole rings is 1. The number of benzene rings is 3. The molecular weight excluding hydrogens is 886 g/mol. The van der Waals surface area contributed by atoms with E-state index in [4.69, 9.17) is 32.7 Å². The first-order chi connectivity index (χ1) is 31.8. The minimum absolute atomic E-state index is 0.0275. The van der Waals surface area contributed by atoms with Crippen molar-refractivity contribution in [2.45, 2.75) is 89.9 Å². The summed E-state index contributed by atoms with van der Waals surface area (Å²) in [6, 6.07) is 30.1. The van der Waals surface area contributed by atoms with Crippen LogP contribution in [0.25, 0.3) is 11.2 Å². The Morgan fingerprint density at radius 3 is 2.15 bits per heavy atom. The van der Waals surface area contributed by atoms with Gasteiger partial charge in [-0.25, -0.2) is 14.2 Å². The first kappa shape index (κ1) is 48.2. The van der Waals surface area contributed by atoms with Crippen LogP contribution in [0.2, 0.25) is 0 Å². The number of rotatable bonds is 21. The van der Waals surface area contributed by atoms with Gasteiger partial charge in [0.2, 0.25) is 11.9 Å². The molecule has 6 aromatic rings. The number of fused-ring (bicyclic) bond motifs is 1. The largest absolute Gasteiger partial charge is 0.497 e. The summed E-state index contributed by atoms with van der Waals surface area (Å²) in [7, 11) is -1.12. The lowest BCUT2D eigenvalue weighted by molar-refractivity contribution is -0.114. The van der Waals surface area contributed by atoms with E-state index >= 15 is 4.57 Å². The molecule has 0 spiro atoms. The van der Waals surface area contributed by atoms with E-state index in [1.165, 1.54) is 29.2 Å². The van der Waals surface area contributed by atoms with Gasteiger partial charge in [-0.1, -0.05) is 60.7 Å². The molecule has 1 aliphatic heterocycles. The maximum atomic E-state index is 15.6. The summed E-state index contributed by atoms with van der Waals surface area (Å²) in [5.74, 6) is 0.733. The Labute approximate surface area is 387 Å². The van der Waals surface area contributed by atoms with Crippen LogP contribution in [0.1, 0.15) is 68.8 Å². The molecule has 0 bridgehead atoms. The molecule has 1 aliphatic rings. The lowest BCUT2D eigenvalue weighted by atomic mass is 9.80. The zero-order chi connectivity index (χ0) is 47.0. The number of nitrogens with one attached hydrogen (secondary N) is 2. The van der Waals surface area contributed by atoms with Crippen molar-refractivity contribution in [2.24, 2.45) is 0 Å². The molecule has 1 amide bonds. The Morgan fingerprint density at radius 1 is 0.955 bits per heavy atom. The summed E-state index contributed by atoms with van der Waals surface area (Å²) in [4.78, 5) is 37.9. The standard InChI is InChI=1S/C47H54N7O10PS/c1-30(2)54(31(3)4)65(57,62-25-12-24-48)64-41-39(28-61-47(33-13-9-8-10-14-33,34-16-20-36(58-6)21-17-34)35-18-22-37(59-7)23-19-35)63-45(42(41)60-27-38-15-11-26-66-38)53-29-49-40-43(53)51-46(50-32(5)55)52-44(40)56/h8-11,13-23,26,29-31,39,41-42,45H,12,25,27-28H2,1-7H3,(H2,50,51,52,55,56)/t39-,41-,42-,45-,65?/m1/s1. The first-order valence-electron chi connectivity index (χ1n) is 21.4. The van der Waals surface area contributed by atoms with Crippen LogP contribution >= 0.6 is 19.1 Å². The average Bonchev–Trinajstić information content (AvgIpc) is 4.06. The van der Waals surface area contributed by atoms with E-state index in [-0.39, 0.29) is 55.4 Å². The van der Waals surface area contributed by atoms with Gasteiger partial charge in [-0.15, -0.1) is 11.3 Å². The third-order valence-electron chi connectivity index (χ3n) is 11.0. The van der Waals surface area contributed by atoms with Gasteiger partial charge in [0.05, 0.1) is 52.9 Å². The van der Waals surface area contributed by atoms with E-state index in [9.17, 15) is 14.9 Å². The smallest absolute Gasteiger partial charge is 0.409 e. The number of aromatic amines is 1. The maximum absolute atomic E-state index is 15.6. The third kappa shape index (κ3) is 10.3. The molecule has 3 aromatic carbocycles. The summed E-state index contributed by atoms with van der Waals surface area (Å²) in [5, 5.41) is 14.0. The number of hydrogen-bond acceptors (Lipinski definition) is 14. The second-order valence-corrected chi connectivity index (χ2v) is 18.9. The monoisotopic (exact) mass is 939 g/mol. The zero-order valence-electron chi connectivity index (χ0n) is 37.8. The van der Waals surface area contributed by atoms with Gasteiger partial charge in [-0.2, -0.15) is 10.2 Å². The highest BCUT2D eigenvalue weighted by atomic mass is 32.1. The van der Waals surface area contributed by atoms with E-state index in [0.717, 1.165) is 21.6 Å². The number of methoxy groups -OCH3 is 2. The highest BCUT2D eigenvalue weighted by molar-refractivity contribution is 7.51. The molecule has 348 valence electrons. The molecule has 0 saturated carbocycles. The van der Waals surface area contributed by atoms with Crippen molar-refractivity contribution in [3.63, 3.8) is 0 Å². The van der Waals surface area contributed by atoms with Crippen LogP contribution in [0.4, 0.5) is 5.95 Å². The highest BCUT2D eigenvalue weighted by Crippen LogP contribution is 2.58. The van der Waals surface area contributed by atoms with Crippen LogP contribution in [0.3, 0.4) is 0 Å². The van der Waals surface area contributed by atoms with Crippen molar-refractivity contribution in [3.8, 4) is 17.6 Å². The van der Waals surface area contributed by atoms with Gasteiger partial charge in [-0.3, -0.25) is 33.5 Å². The highest BCUT2D eigenvalue weighted by Gasteiger charge is 2.54. The molecule has 19 heteroatoms. The molecule has 1 unspecified atom stereocenters. The van der Waals surface area contributed by atoms with Gasteiger partial charge >= 0.3 is 7.75 Å². The van der Waals surface area contributed by atoms with Crippen LogP contribution in [-0.4, -0.2) is 87.9 Å². The molecule has 3 aromatic heterocycles. The number of amides is 1. The molecule has 0 aliphatic carbocycles. The van der Waals surface area contributed by atoms with Crippen LogP contribution in [-0.2, 0) is 44.8 Å². The Hall–Kier alpha value is -5.74. The molecule has 2 N–H and O–H groups in total. The average molecular weight is 940 g/mol. The number of carbonyl (C=O) groups excluding carboxylic acids is 1. The van der Waals surface area contributed by atoms with E-state index in [2.05, 4.69) is 26.3 Å². The number of H-pyrrole nitrogens is 1. The number of aromatic nitrogens is 4. The molecule has 1 fully saturated rings. The van der Waals surface area contributed by atoms with Crippen molar-refractivity contribution in [2.75, 3.05) is 32.8 Å². The van der Waals surface area contributed by atoms with Crippen LogP contribution in [0.15, 0.2) is 107 Å². The second kappa shape index (κ2) is 21.3. The summed E-state index contributed by atoms with van der Waals surface area (Å²) >= 11 is 1.49. The van der Waals surface area contributed by atoms with Gasteiger partial charge in [0, 0.05) is 23.9 Å². The van der Waals surface area contributed by atoms with E-state index in [0.29, 0.717) is 11.5 Å². The lowest BCUT2D eigenvalue weighted by Gasteiger charge is -2.39. The molecule has 7 rings (SSSR count). The molecule has 66 heavy (non-hydrogen) atoms. The van der Waals surface area contributed by atoms with E-state index < -0.39 is 49.4 Å². The number of nitriles is 1. The predicted octanol–water partition coefficient (Wildman–Crippen LogP) is 8.19. The minimum Gasteiger partial charge on any atom is -0.497 e. The van der Waals surface area contributed by atoms with Gasteiger partial charge in [-0.05, 0) is 80.1 Å². The molecular formula is C47H54N7O10PS. The molecule has 5 atom stereocenters. The number of anilines is 1. The normalized spacial score (nSPS) is 18.4. The molecule has 17 nitrogen and oxygen atoms in total. The Bertz CT molecular complexity index is 2630. The molecule has 1 saturated heterocycles. The Kier molecular flexibility index (Phi) is 15.5. The Morgan fingerprint density at radius 2 is 1.59 bits per heavy atom. The van der Waals surface area contributed by atoms with E-state index in [1.54, 1.807) is 18.9 Å². The van der Waals surface area contributed by atoms with Crippen molar-refractivity contribution in [3.05, 3.63) is 135 Å². The van der Waals surface area contributed by atoms with Crippen LogP contribution in [0.5, 0.6) is 11.5 Å². The van der Waals surface area contributed by atoms with Crippen molar-refractivity contribution < 1.29 is 42.1 Å². The molecule has 4 heterocycles. The second-order valence-electron chi connectivity index (χ2n) is 16.0. The summed E-state index contributed by atoms with van der Waals surface area (Å²) in [6.45, 7) is 8.54. The fraction of sp³-hybridized carbons (Fsp3) is 0.383. The van der Waals surface area contributed by atoms with Gasteiger partial charge in [0.15, 0.2) is 17.4 Å². The SMILES string of the molecule is COc1ccc(C(OC[C@H]2O[C@@H](n3cnc4c(=O)[nH]c(NC(C)=O)nc43)[C@H](OCc3cccs3)[C@@H]2OP(=O)(OCCC#N)N(C(C)C)C(C)C)(c2ccccc2)c2ccc(OC)cc2)cc1. The first-order valence-corrected chi connectivity index (χ1v) is 23.8. The van der Waals surface area contributed by atoms with Crippen LogP contribution < -0.4 is 20.3 Å². The fourth-order valence-electron chi connectivity index (χ4n) is 8.24. The number of nitrogens with zero attached hydrogens (tertiary/aromatic N) is 5. The van der Waals surface area contributed by atoms with Gasteiger partial charge in [0.1, 0.15) is 35.4 Å². The van der Waals surface area contributed by atoms with Crippen molar-refractivity contribution in [1.29, 1.82) is 5.26 Å². The Balaban J connectivity index is 1.42. The summed E-state index contributed by atoms with van der Waals surface area (Å²) in [6.07, 6.45) is -3.17.